The Bertz CT molecular complexity index is 995. The lowest BCUT2D eigenvalue weighted by Crippen LogP contribution is -2.24. The number of nitrogens with zero attached hydrogens (tertiary/aromatic N) is 2. The van der Waals surface area contributed by atoms with Crippen molar-refractivity contribution in [2.45, 2.75) is 17.2 Å². The first-order valence-electron chi connectivity index (χ1n) is 7.64. The molecule has 0 fully saturated rings. The second-order valence-corrected chi connectivity index (χ2v) is 7.07. The highest BCUT2D eigenvalue weighted by Gasteiger charge is 2.35. The molecule has 0 atom stereocenters. The van der Waals surface area contributed by atoms with E-state index in [2.05, 4.69) is 25.4 Å². The van der Waals surface area contributed by atoms with E-state index in [4.69, 9.17) is 6.42 Å². The van der Waals surface area contributed by atoms with Crippen molar-refractivity contribution in [2.24, 2.45) is 0 Å². The van der Waals surface area contributed by atoms with Gasteiger partial charge in [0.1, 0.15) is 6.33 Å². The Kier molecular flexibility index (Phi) is 6.66. The smallest absolute Gasteiger partial charge is 0.422 e. The highest BCUT2D eigenvalue weighted by atomic mass is 32.2. The Balaban J connectivity index is 2.46. The first kappa shape index (κ1) is 23.1. The van der Waals surface area contributed by atoms with Crippen LogP contribution in [0.1, 0.15) is 5.56 Å². The molecule has 0 aliphatic rings. The number of terminal acetylenes is 1. The second-order valence-electron chi connectivity index (χ2n) is 5.45. The molecule has 30 heavy (non-hydrogen) atoms. The summed E-state index contributed by atoms with van der Waals surface area (Å²) < 4.78 is 111. The van der Waals surface area contributed by atoms with E-state index in [1.807, 2.05) is 4.72 Å². The zero-order valence-corrected chi connectivity index (χ0v) is 15.4. The fraction of sp³-hybridized carbons (Fsp3) is 0.250. The minimum absolute atomic E-state index is 0.0959. The topological polar surface area (TPSA) is 90.4 Å². The molecule has 0 aliphatic carbocycles. The molecule has 0 amide bonds. The lowest BCUT2D eigenvalue weighted by atomic mass is 10.2. The molecule has 0 saturated carbocycles. The summed E-state index contributed by atoms with van der Waals surface area (Å²) in [4.78, 5) is 5.33. The molecular weight excluding hydrogens is 444 g/mol. The van der Waals surface area contributed by atoms with Crippen LogP contribution in [0, 0.1) is 12.3 Å². The zero-order valence-electron chi connectivity index (χ0n) is 14.6. The van der Waals surface area contributed by atoms with Crippen molar-refractivity contribution in [1.29, 1.82) is 0 Å². The highest BCUT2D eigenvalue weighted by Crippen LogP contribution is 2.33. The number of halogens is 6. The third kappa shape index (κ3) is 6.69. The number of alkyl halides is 6. The summed E-state index contributed by atoms with van der Waals surface area (Å²) in [6.07, 6.45) is -4.08. The molecule has 0 saturated heterocycles. The molecule has 14 heteroatoms. The van der Waals surface area contributed by atoms with E-state index in [0.29, 0.717) is 11.9 Å². The number of rotatable bonds is 7. The SMILES string of the molecule is C#Cc1ccc(NS(=O)(=O)c2c(OCC(F)(F)F)ncnc2OCC(F)(F)F)cc1. The molecule has 2 aromatic rings. The molecule has 0 unspecified atom stereocenters. The van der Waals surface area contributed by atoms with Gasteiger partial charge in [0.05, 0.1) is 0 Å². The fourth-order valence-corrected chi connectivity index (χ4v) is 3.15. The van der Waals surface area contributed by atoms with Crippen molar-refractivity contribution in [2.75, 3.05) is 17.9 Å². The van der Waals surface area contributed by atoms with Crippen LogP contribution < -0.4 is 14.2 Å². The Morgan fingerprint density at radius 3 is 1.80 bits per heavy atom. The summed E-state index contributed by atoms with van der Waals surface area (Å²) >= 11 is 0. The number of nitrogens with one attached hydrogen (secondary N) is 1. The van der Waals surface area contributed by atoms with Crippen LogP contribution >= 0.6 is 0 Å². The van der Waals surface area contributed by atoms with Crippen LogP contribution in [0.15, 0.2) is 35.5 Å². The molecule has 1 N–H and O–H groups in total. The summed E-state index contributed by atoms with van der Waals surface area (Å²) in [5, 5.41) is 0. The number of hydrogen-bond donors (Lipinski definition) is 1. The molecule has 0 spiro atoms. The van der Waals surface area contributed by atoms with Crippen LogP contribution in [0.3, 0.4) is 0 Å². The minimum Gasteiger partial charge on any atom is -0.467 e. The first-order valence-corrected chi connectivity index (χ1v) is 9.12. The normalized spacial score (nSPS) is 12.2. The van der Waals surface area contributed by atoms with E-state index in [1.54, 1.807) is 0 Å². The standard InChI is InChI=1S/C16H11F6N3O4S/c1-2-10-3-5-11(6-4-10)25-30(26,27)12-13(28-7-15(17,18)19)23-9-24-14(12)29-8-16(20,21)22/h1,3-6,9,25H,7-8H2. The van der Waals surface area contributed by atoms with Crippen molar-refractivity contribution in [3.8, 4) is 24.1 Å². The molecule has 162 valence electrons. The lowest BCUT2D eigenvalue weighted by Gasteiger charge is -2.16. The molecule has 2 rings (SSSR count). The maximum atomic E-state index is 12.7. The monoisotopic (exact) mass is 455 g/mol. The largest absolute Gasteiger partial charge is 0.467 e. The van der Waals surface area contributed by atoms with Crippen LogP contribution in [-0.2, 0) is 10.0 Å². The van der Waals surface area contributed by atoms with Gasteiger partial charge in [-0.1, -0.05) is 5.92 Å². The van der Waals surface area contributed by atoms with Crippen LogP contribution in [0.5, 0.6) is 11.8 Å². The molecule has 1 heterocycles. The van der Waals surface area contributed by atoms with E-state index in [9.17, 15) is 34.8 Å². The van der Waals surface area contributed by atoms with Gasteiger partial charge in [0.25, 0.3) is 10.0 Å². The second kappa shape index (κ2) is 8.66. The van der Waals surface area contributed by atoms with Crippen molar-refractivity contribution < 1.29 is 44.2 Å². The number of sulfonamides is 1. The third-order valence-corrected chi connectivity index (χ3v) is 4.45. The number of aromatic nitrogens is 2. The molecule has 0 aliphatic heterocycles. The van der Waals surface area contributed by atoms with Gasteiger partial charge in [0.15, 0.2) is 13.2 Å². The van der Waals surface area contributed by atoms with Crippen molar-refractivity contribution in [3.05, 3.63) is 36.2 Å². The summed E-state index contributed by atoms with van der Waals surface area (Å²) in [5.41, 5.74) is 0.297. The van der Waals surface area contributed by atoms with Crippen molar-refractivity contribution >= 4 is 15.7 Å². The van der Waals surface area contributed by atoms with Crippen LogP contribution in [0.4, 0.5) is 32.0 Å². The predicted molar refractivity (Wildman–Crippen MR) is 90.3 cm³/mol. The van der Waals surface area contributed by atoms with Gasteiger partial charge in [-0.15, -0.1) is 6.42 Å². The predicted octanol–water partition coefficient (Wildman–Crippen LogP) is 3.14. The summed E-state index contributed by atoms with van der Waals surface area (Å²) in [6.45, 7) is -3.91. The Labute approximate surface area is 166 Å². The van der Waals surface area contributed by atoms with E-state index in [-0.39, 0.29) is 5.69 Å². The molecule has 7 nitrogen and oxygen atoms in total. The number of anilines is 1. The van der Waals surface area contributed by atoms with Crippen LogP contribution in [0.2, 0.25) is 0 Å². The summed E-state index contributed by atoms with van der Waals surface area (Å²) in [5.74, 6) is -0.0138. The van der Waals surface area contributed by atoms with Gasteiger partial charge in [-0.2, -0.15) is 26.3 Å². The average molecular weight is 455 g/mol. The van der Waals surface area contributed by atoms with E-state index in [0.717, 1.165) is 0 Å². The van der Waals surface area contributed by atoms with Crippen molar-refractivity contribution in [1.82, 2.24) is 9.97 Å². The maximum Gasteiger partial charge on any atom is 0.422 e. The van der Waals surface area contributed by atoms with Gasteiger partial charge < -0.3 is 9.47 Å². The minimum atomic E-state index is -4.88. The fourth-order valence-electron chi connectivity index (χ4n) is 1.92. The Hall–Kier alpha value is -3.21. The third-order valence-electron chi connectivity index (χ3n) is 3.06. The van der Waals surface area contributed by atoms with E-state index in [1.165, 1.54) is 24.3 Å². The van der Waals surface area contributed by atoms with Gasteiger partial charge in [-0.3, -0.25) is 4.72 Å². The molecular formula is C16H11F6N3O4S. The van der Waals surface area contributed by atoms with Crippen LogP contribution in [-0.4, -0.2) is 44.0 Å². The van der Waals surface area contributed by atoms with E-state index < -0.39 is 52.2 Å². The van der Waals surface area contributed by atoms with Gasteiger partial charge >= 0.3 is 12.4 Å². The Morgan fingerprint density at radius 2 is 1.40 bits per heavy atom. The van der Waals surface area contributed by atoms with Gasteiger partial charge in [0.2, 0.25) is 16.7 Å². The first-order chi connectivity index (χ1) is 13.8. The number of benzene rings is 1. The summed E-state index contributed by atoms with van der Waals surface area (Å²) in [7, 11) is -4.84. The average Bonchev–Trinajstić information content (AvgIpc) is 2.63. The molecule has 0 bridgehead atoms. The maximum absolute atomic E-state index is 12.7. The lowest BCUT2D eigenvalue weighted by molar-refractivity contribution is -0.155. The molecule has 1 aromatic carbocycles. The molecule has 0 radical (unpaired) electrons. The number of hydrogen-bond acceptors (Lipinski definition) is 6. The van der Waals surface area contributed by atoms with Gasteiger partial charge in [-0.05, 0) is 24.3 Å². The Morgan fingerprint density at radius 1 is 0.933 bits per heavy atom. The molecule has 1 aromatic heterocycles. The summed E-state index contributed by atoms with van der Waals surface area (Å²) in [6, 6.07) is 5.15. The van der Waals surface area contributed by atoms with Crippen LogP contribution in [0.25, 0.3) is 0 Å². The number of ether oxygens (including phenoxy) is 2. The van der Waals surface area contributed by atoms with Gasteiger partial charge in [0, 0.05) is 11.3 Å². The highest BCUT2D eigenvalue weighted by molar-refractivity contribution is 7.93. The van der Waals surface area contributed by atoms with E-state index >= 15 is 0 Å². The zero-order chi connectivity index (χ0) is 22.6. The van der Waals surface area contributed by atoms with Crippen molar-refractivity contribution in [3.63, 3.8) is 0 Å². The van der Waals surface area contributed by atoms with Gasteiger partial charge in [-0.25, -0.2) is 18.4 Å². The quantitative estimate of drug-likeness (QED) is 0.510.